The van der Waals surface area contributed by atoms with Crippen molar-refractivity contribution in [2.45, 2.75) is 22.0 Å². The molecule has 0 radical (unpaired) electrons. The second-order valence-corrected chi connectivity index (χ2v) is 9.61. The van der Waals surface area contributed by atoms with Gasteiger partial charge in [-0.15, -0.1) is 0 Å². The van der Waals surface area contributed by atoms with E-state index in [-0.39, 0.29) is 21.6 Å². The molecule has 0 aromatic heterocycles. The molecule has 0 fully saturated rings. The van der Waals surface area contributed by atoms with Crippen LogP contribution in [0, 0.1) is 0 Å². The van der Waals surface area contributed by atoms with Crippen LogP contribution in [0.1, 0.15) is 6.92 Å². The number of rotatable bonds is 7. The van der Waals surface area contributed by atoms with E-state index < -0.39 is 19.9 Å². The van der Waals surface area contributed by atoms with Gasteiger partial charge in [0.05, 0.1) is 10.6 Å². The lowest BCUT2D eigenvalue weighted by Gasteiger charge is -2.14. The molecule has 0 saturated heterocycles. The summed E-state index contributed by atoms with van der Waals surface area (Å²) in [7, 11) is -5.67. The summed E-state index contributed by atoms with van der Waals surface area (Å²) in [5.74, 6) is 0. The Morgan fingerprint density at radius 3 is 2.33 bits per heavy atom. The number of sulfone groups is 1. The second-order valence-electron chi connectivity index (χ2n) is 4.58. The van der Waals surface area contributed by atoms with Gasteiger partial charge in [0.1, 0.15) is 4.90 Å². The third kappa shape index (κ3) is 4.87. The quantitative estimate of drug-likeness (QED) is 0.765. The molecule has 21 heavy (non-hydrogen) atoms. The molecule has 0 aliphatic rings. The molecule has 6 nitrogen and oxygen atoms in total. The van der Waals surface area contributed by atoms with E-state index in [0.717, 1.165) is 6.26 Å². The zero-order chi connectivity index (χ0) is 16.3. The average Bonchev–Trinajstić information content (AvgIpc) is 2.43. The van der Waals surface area contributed by atoms with E-state index in [9.17, 15) is 16.8 Å². The molecule has 0 aliphatic heterocycles. The van der Waals surface area contributed by atoms with Gasteiger partial charge in [-0.1, -0.05) is 6.92 Å². The summed E-state index contributed by atoms with van der Waals surface area (Å²) >= 11 is 1.54. The van der Waals surface area contributed by atoms with Crippen LogP contribution in [0.15, 0.2) is 28.0 Å². The Labute approximate surface area is 130 Å². The Balaban J connectivity index is 3.26. The number of benzene rings is 1. The second kappa shape index (κ2) is 6.99. The van der Waals surface area contributed by atoms with Crippen molar-refractivity contribution in [3.05, 3.63) is 18.2 Å². The number of anilines is 1. The maximum atomic E-state index is 12.4. The van der Waals surface area contributed by atoms with Crippen LogP contribution in [0.3, 0.4) is 0 Å². The van der Waals surface area contributed by atoms with Crippen LogP contribution < -0.4 is 10.0 Å². The van der Waals surface area contributed by atoms with Gasteiger partial charge < -0.3 is 5.32 Å². The molecule has 0 heterocycles. The Morgan fingerprint density at radius 1 is 1.24 bits per heavy atom. The first-order valence-electron chi connectivity index (χ1n) is 6.16. The van der Waals surface area contributed by atoms with Crippen LogP contribution >= 0.6 is 11.8 Å². The fraction of sp³-hybridized carbons (Fsp3) is 0.500. The predicted octanol–water partition coefficient (Wildman–Crippen LogP) is 1.16. The van der Waals surface area contributed by atoms with Crippen LogP contribution in [-0.4, -0.2) is 48.2 Å². The van der Waals surface area contributed by atoms with E-state index in [1.807, 2.05) is 13.2 Å². The summed E-state index contributed by atoms with van der Waals surface area (Å²) in [4.78, 5) is -0.0963. The van der Waals surface area contributed by atoms with Gasteiger partial charge in [0.2, 0.25) is 10.0 Å². The number of sulfonamides is 1. The van der Waals surface area contributed by atoms with E-state index in [4.69, 9.17) is 0 Å². The van der Waals surface area contributed by atoms with E-state index in [2.05, 4.69) is 10.0 Å². The van der Waals surface area contributed by atoms with E-state index in [0.29, 0.717) is 5.69 Å². The van der Waals surface area contributed by atoms with Gasteiger partial charge in [-0.05, 0) is 24.5 Å². The largest absolute Gasteiger partial charge is 0.387 e. The molecule has 1 atom stereocenters. The molecule has 120 valence electrons. The van der Waals surface area contributed by atoms with Gasteiger partial charge in [0.15, 0.2) is 9.84 Å². The van der Waals surface area contributed by atoms with Gasteiger partial charge in [-0.2, -0.15) is 11.8 Å². The molecule has 0 amide bonds. The zero-order valence-corrected chi connectivity index (χ0v) is 14.8. The molecule has 0 saturated carbocycles. The van der Waals surface area contributed by atoms with E-state index in [1.54, 1.807) is 7.05 Å². The highest BCUT2D eigenvalue weighted by molar-refractivity contribution is 7.99. The van der Waals surface area contributed by atoms with Crippen molar-refractivity contribution < 1.29 is 16.8 Å². The highest BCUT2D eigenvalue weighted by Gasteiger charge is 2.21. The Bertz CT molecular complexity index is 699. The lowest BCUT2D eigenvalue weighted by Crippen LogP contribution is -2.30. The summed E-state index contributed by atoms with van der Waals surface area (Å²) in [6.45, 7) is 2.18. The average molecular weight is 353 g/mol. The van der Waals surface area contributed by atoms with Crippen LogP contribution in [0.25, 0.3) is 0 Å². The molecular weight excluding hydrogens is 332 g/mol. The van der Waals surface area contributed by atoms with Crippen LogP contribution in [0.2, 0.25) is 0 Å². The first-order chi connectivity index (χ1) is 9.61. The van der Waals surface area contributed by atoms with E-state index in [1.165, 1.54) is 30.0 Å². The maximum absolute atomic E-state index is 12.4. The van der Waals surface area contributed by atoms with Gasteiger partial charge in [0, 0.05) is 25.1 Å². The van der Waals surface area contributed by atoms with Crippen molar-refractivity contribution >= 4 is 37.3 Å². The number of nitrogens with one attached hydrogen (secondary N) is 2. The fourth-order valence-corrected chi connectivity index (χ4v) is 3.99. The SMILES string of the molecule is CNc1ccc(S(C)(=O)=O)cc1S(=O)(=O)NCC(C)SC. The first kappa shape index (κ1) is 18.3. The molecular formula is C12H20N2O4S3. The molecule has 1 rings (SSSR count). The molecule has 1 aromatic carbocycles. The minimum absolute atomic E-state index is 0.0280. The van der Waals surface area contributed by atoms with Crippen molar-refractivity contribution in [2.24, 2.45) is 0 Å². The smallest absolute Gasteiger partial charge is 0.242 e. The molecule has 0 aliphatic carbocycles. The lowest BCUT2D eigenvalue weighted by atomic mass is 10.3. The Kier molecular flexibility index (Phi) is 6.09. The van der Waals surface area contributed by atoms with Crippen LogP contribution in [0.4, 0.5) is 5.69 Å². The molecule has 0 spiro atoms. The predicted molar refractivity (Wildman–Crippen MR) is 87.3 cm³/mol. The highest BCUT2D eigenvalue weighted by Crippen LogP contribution is 2.24. The normalized spacial score (nSPS) is 13.9. The molecule has 2 N–H and O–H groups in total. The summed E-state index contributed by atoms with van der Waals surface area (Å²) in [6, 6.07) is 4.00. The lowest BCUT2D eigenvalue weighted by molar-refractivity contribution is 0.581. The monoisotopic (exact) mass is 352 g/mol. The fourth-order valence-electron chi connectivity index (χ4n) is 1.55. The van der Waals surface area contributed by atoms with Crippen molar-refractivity contribution in [1.82, 2.24) is 4.72 Å². The van der Waals surface area contributed by atoms with Crippen molar-refractivity contribution in [3.63, 3.8) is 0 Å². The number of hydrogen-bond acceptors (Lipinski definition) is 6. The van der Waals surface area contributed by atoms with Crippen LogP contribution in [-0.2, 0) is 19.9 Å². The highest BCUT2D eigenvalue weighted by atomic mass is 32.2. The summed E-state index contributed by atoms with van der Waals surface area (Å²) < 4.78 is 50.4. The Morgan fingerprint density at radius 2 is 1.86 bits per heavy atom. The molecule has 9 heteroatoms. The van der Waals surface area contributed by atoms with Crippen molar-refractivity contribution in [1.29, 1.82) is 0 Å². The van der Waals surface area contributed by atoms with Gasteiger partial charge in [0.25, 0.3) is 0 Å². The zero-order valence-electron chi connectivity index (χ0n) is 12.4. The summed E-state index contributed by atoms with van der Waals surface area (Å²) in [5, 5.41) is 2.88. The third-order valence-corrected chi connectivity index (χ3v) is 6.45. The van der Waals surface area contributed by atoms with Gasteiger partial charge in [-0.3, -0.25) is 0 Å². The maximum Gasteiger partial charge on any atom is 0.242 e. The topological polar surface area (TPSA) is 92.3 Å². The standard InChI is InChI=1S/C12H20N2O4S3/c1-9(19-3)8-14-21(17,18)12-7-10(20(4,15)16)5-6-11(12)13-2/h5-7,9,13-14H,8H2,1-4H3. The van der Waals surface area contributed by atoms with Crippen LogP contribution in [0.5, 0.6) is 0 Å². The number of hydrogen-bond donors (Lipinski definition) is 2. The summed E-state index contributed by atoms with van der Waals surface area (Å²) in [6.07, 6.45) is 2.93. The number of thioether (sulfide) groups is 1. The minimum atomic E-state index is -3.78. The van der Waals surface area contributed by atoms with Gasteiger partial charge >= 0.3 is 0 Å². The molecule has 0 bridgehead atoms. The molecule has 1 unspecified atom stereocenters. The van der Waals surface area contributed by atoms with E-state index >= 15 is 0 Å². The van der Waals surface area contributed by atoms with Gasteiger partial charge in [-0.25, -0.2) is 21.6 Å². The first-order valence-corrected chi connectivity index (χ1v) is 10.8. The van der Waals surface area contributed by atoms with Crippen molar-refractivity contribution in [2.75, 3.05) is 31.4 Å². The minimum Gasteiger partial charge on any atom is -0.387 e. The Hall–Kier alpha value is -0.770. The molecule has 1 aromatic rings. The summed E-state index contributed by atoms with van der Waals surface area (Å²) in [5.41, 5.74) is 0.353. The third-order valence-electron chi connectivity index (χ3n) is 2.90. The van der Waals surface area contributed by atoms with Crippen molar-refractivity contribution in [3.8, 4) is 0 Å².